The first kappa shape index (κ1) is 13.8. The van der Waals surface area contributed by atoms with Crippen molar-refractivity contribution >= 4 is 21.6 Å². The minimum Gasteiger partial charge on any atom is -0.396 e. The molecule has 0 aliphatic carbocycles. The maximum Gasteiger partial charge on any atom is 0.0460 e. The molecule has 0 radical (unpaired) electrons. The van der Waals surface area contributed by atoms with Gasteiger partial charge in [-0.05, 0) is 49.6 Å². The molecule has 0 saturated carbocycles. The van der Waals surface area contributed by atoms with Crippen LogP contribution in [0.15, 0.2) is 22.7 Å². The van der Waals surface area contributed by atoms with Gasteiger partial charge in [-0.25, -0.2) is 0 Å². The van der Waals surface area contributed by atoms with Gasteiger partial charge in [-0.2, -0.15) is 0 Å². The zero-order chi connectivity index (χ0) is 13.0. The highest BCUT2D eigenvalue weighted by Gasteiger charge is 2.20. The number of hydrogen-bond donors (Lipinski definition) is 2. The molecular formula is C14H21BrN2O. The van der Waals surface area contributed by atoms with E-state index in [0.29, 0.717) is 12.5 Å². The lowest BCUT2D eigenvalue weighted by molar-refractivity contribution is 0.203. The molecule has 1 fully saturated rings. The first-order valence-electron chi connectivity index (χ1n) is 6.53. The molecule has 100 valence electrons. The van der Waals surface area contributed by atoms with Crippen molar-refractivity contribution in [3.8, 4) is 0 Å². The topological polar surface area (TPSA) is 35.5 Å². The lowest BCUT2D eigenvalue weighted by Gasteiger charge is -2.34. The van der Waals surface area contributed by atoms with Crippen molar-refractivity contribution < 1.29 is 5.11 Å². The van der Waals surface area contributed by atoms with Crippen LogP contribution >= 0.6 is 15.9 Å². The minimum absolute atomic E-state index is 0.331. The Morgan fingerprint density at radius 3 is 2.72 bits per heavy atom. The van der Waals surface area contributed by atoms with E-state index in [1.54, 1.807) is 0 Å². The average Bonchev–Trinajstić information content (AvgIpc) is 2.40. The van der Waals surface area contributed by atoms with Gasteiger partial charge in [0, 0.05) is 36.4 Å². The molecule has 0 unspecified atom stereocenters. The summed E-state index contributed by atoms with van der Waals surface area (Å²) in [4.78, 5) is 2.44. The first-order valence-corrected chi connectivity index (χ1v) is 7.32. The number of hydrogen-bond acceptors (Lipinski definition) is 3. The number of aliphatic hydroxyl groups excluding tert-OH is 1. The second-order valence-corrected chi connectivity index (χ2v) is 5.83. The van der Waals surface area contributed by atoms with Gasteiger partial charge in [0.05, 0.1) is 0 Å². The molecule has 0 spiro atoms. The molecule has 2 N–H and O–H groups in total. The van der Waals surface area contributed by atoms with Crippen molar-refractivity contribution in [2.24, 2.45) is 5.92 Å². The summed E-state index contributed by atoms with van der Waals surface area (Å²) in [5.41, 5.74) is 2.65. The van der Waals surface area contributed by atoms with Gasteiger partial charge in [-0.15, -0.1) is 0 Å². The Kier molecular flexibility index (Phi) is 5.03. The Labute approximate surface area is 117 Å². The van der Waals surface area contributed by atoms with E-state index in [-0.39, 0.29) is 0 Å². The fourth-order valence-electron chi connectivity index (χ4n) is 2.55. The third kappa shape index (κ3) is 3.25. The van der Waals surface area contributed by atoms with Crippen molar-refractivity contribution in [1.29, 1.82) is 0 Å². The van der Waals surface area contributed by atoms with E-state index in [1.807, 2.05) is 7.05 Å². The molecular weight excluding hydrogens is 292 g/mol. The van der Waals surface area contributed by atoms with Gasteiger partial charge in [0.2, 0.25) is 0 Å². The number of rotatable bonds is 4. The molecule has 0 aromatic heterocycles. The SMILES string of the molecule is CNCc1cc(Br)ccc1N1CCC(CO)CC1. The molecule has 18 heavy (non-hydrogen) atoms. The normalized spacial score (nSPS) is 17.2. The second kappa shape index (κ2) is 6.55. The van der Waals surface area contributed by atoms with Gasteiger partial charge in [-0.3, -0.25) is 0 Å². The quantitative estimate of drug-likeness (QED) is 0.896. The molecule has 1 saturated heterocycles. The summed E-state index contributed by atoms with van der Waals surface area (Å²) in [6.07, 6.45) is 2.18. The summed E-state index contributed by atoms with van der Waals surface area (Å²) < 4.78 is 1.13. The molecule has 1 aliphatic heterocycles. The maximum atomic E-state index is 9.19. The van der Waals surface area contributed by atoms with E-state index in [1.165, 1.54) is 11.3 Å². The molecule has 2 rings (SSSR count). The minimum atomic E-state index is 0.331. The predicted molar refractivity (Wildman–Crippen MR) is 78.9 cm³/mol. The molecule has 0 amide bonds. The van der Waals surface area contributed by atoms with Crippen molar-refractivity contribution in [1.82, 2.24) is 5.32 Å². The highest BCUT2D eigenvalue weighted by molar-refractivity contribution is 9.10. The lowest BCUT2D eigenvalue weighted by Crippen LogP contribution is -2.35. The van der Waals surface area contributed by atoms with E-state index >= 15 is 0 Å². The number of aliphatic hydroxyl groups is 1. The number of benzene rings is 1. The van der Waals surface area contributed by atoms with Crippen LogP contribution in [0.5, 0.6) is 0 Å². The van der Waals surface area contributed by atoms with Crippen LogP contribution in [0, 0.1) is 5.92 Å². The third-order valence-corrected chi connectivity index (χ3v) is 4.12. The monoisotopic (exact) mass is 312 g/mol. The van der Waals surface area contributed by atoms with Crippen molar-refractivity contribution in [3.63, 3.8) is 0 Å². The van der Waals surface area contributed by atoms with Gasteiger partial charge in [0.25, 0.3) is 0 Å². The van der Waals surface area contributed by atoms with Gasteiger partial charge < -0.3 is 15.3 Å². The van der Waals surface area contributed by atoms with Crippen LogP contribution in [-0.4, -0.2) is 31.9 Å². The summed E-state index contributed by atoms with van der Waals surface area (Å²) >= 11 is 3.53. The summed E-state index contributed by atoms with van der Waals surface area (Å²) in [6, 6.07) is 6.48. The van der Waals surface area contributed by atoms with Crippen LogP contribution in [-0.2, 0) is 6.54 Å². The Hall–Kier alpha value is -0.580. The van der Waals surface area contributed by atoms with Crippen LogP contribution in [0.25, 0.3) is 0 Å². The molecule has 3 nitrogen and oxygen atoms in total. The average molecular weight is 313 g/mol. The molecule has 0 bridgehead atoms. The molecule has 4 heteroatoms. The van der Waals surface area contributed by atoms with E-state index < -0.39 is 0 Å². The first-order chi connectivity index (χ1) is 8.74. The van der Waals surface area contributed by atoms with Gasteiger partial charge in [0.15, 0.2) is 0 Å². The van der Waals surface area contributed by atoms with E-state index in [2.05, 4.69) is 44.3 Å². The summed E-state index contributed by atoms with van der Waals surface area (Å²) in [5.74, 6) is 0.490. The van der Waals surface area contributed by atoms with Crippen LogP contribution in [0.3, 0.4) is 0 Å². The Bertz CT molecular complexity index is 389. The number of halogens is 1. The summed E-state index contributed by atoms with van der Waals surface area (Å²) in [6.45, 7) is 3.30. The zero-order valence-corrected chi connectivity index (χ0v) is 12.4. The summed E-state index contributed by atoms with van der Waals surface area (Å²) in [7, 11) is 1.97. The fourth-order valence-corrected chi connectivity index (χ4v) is 2.96. The Balaban J connectivity index is 2.13. The molecule has 1 aromatic rings. The Morgan fingerprint density at radius 2 is 2.11 bits per heavy atom. The molecule has 1 aromatic carbocycles. The van der Waals surface area contributed by atoms with Crippen LogP contribution in [0.4, 0.5) is 5.69 Å². The lowest BCUT2D eigenvalue weighted by atomic mass is 9.97. The van der Waals surface area contributed by atoms with Crippen molar-refractivity contribution in [2.45, 2.75) is 19.4 Å². The van der Waals surface area contributed by atoms with Gasteiger partial charge in [0.1, 0.15) is 0 Å². The van der Waals surface area contributed by atoms with Gasteiger partial charge >= 0.3 is 0 Å². The molecule has 0 atom stereocenters. The Morgan fingerprint density at radius 1 is 1.39 bits per heavy atom. The van der Waals surface area contributed by atoms with E-state index in [0.717, 1.165) is 36.9 Å². The molecule has 1 aliphatic rings. The summed E-state index contributed by atoms with van der Waals surface area (Å²) in [5, 5.41) is 12.4. The van der Waals surface area contributed by atoms with Crippen molar-refractivity contribution in [2.75, 3.05) is 31.6 Å². The number of nitrogens with one attached hydrogen (secondary N) is 1. The maximum absolute atomic E-state index is 9.19. The largest absolute Gasteiger partial charge is 0.396 e. The van der Waals surface area contributed by atoms with Crippen LogP contribution in [0.1, 0.15) is 18.4 Å². The zero-order valence-electron chi connectivity index (χ0n) is 10.8. The van der Waals surface area contributed by atoms with Gasteiger partial charge in [-0.1, -0.05) is 15.9 Å². The van der Waals surface area contributed by atoms with Crippen LogP contribution < -0.4 is 10.2 Å². The number of nitrogens with zero attached hydrogens (tertiary/aromatic N) is 1. The number of anilines is 1. The highest BCUT2D eigenvalue weighted by atomic mass is 79.9. The smallest absolute Gasteiger partial charge is 0.0460 e. The second-order valence-electron chi connectivity index (χ2n) is 4.92. The molecule has 1 heterocycles. The standard InChI is InChI=1S/C14H21BrN2O/c1-16-9-12-8-13(15)2-3-14(12)17-6-4-11(10-18)5-7-17/h2-3,8,11,16,18H,4-7,9-10H2,1H3. The predicted octanol–water partition coefficient (Wildman–Crippen LogP) is 2.38. The highest BCUT2D eigenvalue weighted by Crippen LogP contribution is 2.28. The van der Waals surface area contributed by atoms with E-state index in [9.17, 15) is 5.11 Å². The third-order valence-electron chi connectivity index (χ3n) is 3.62. The fraction of sp³-hybridized carbons (Fsp3) is 0.571. The van der Waals surface area contributed by atoms with Crippen LogP contribution in [0.2, 0.25) is 0 Å². The van der Waals surface area contributed by atoms with E-state index in [4.69, 9.17) is 0 Å². The number of piperidine rings is 1. The van der Waals surface area contributed by atoms with Crippen molar-refractivity contribution in [3.05, 3.63) is 28.2 Å².